The Balaban J connectivity index is 2.48. The predicted molar refractivity (Wildman–Crippen MR) is 37.6 cm³/mol. The van der Waals surface area contributed by atoms with Gasteiger partial charge < -0.3 is 4.74 Å². The van der Waals surface area contributed by atoms with Gasteiger partial charge in [-0.25, -0.2) is 0 Å². The molecule has 1 unspecified atom stereocenters. The van der Waals surface area contributed by atoms with E-state index in [4.69, 9.17) is 10.00 Å². The van der Waals surface area contributed by atoms with E-state index in [1.54, 1.807) is 4.90 Å². The first-order chi connectivity index (χ1) is 5.24. The lowest BCUT2D eigenvalue weighted by atomic mass is 10.2. The van der Waals surface area contributed by atoms with Crippen LogP contribution >= 0.6 is 0 Å². The fourth-order valence-electron chi connectivity index (χ4n) is 0.989. The Hall–Kier alpha value is -1.08. The Morgan fingerprint density at radius 1 is 1.91 bits per heavy atom. The highest BCUT2D eigenvalue weighted by Crippen LogP contribution is 2.05. The van der Waals surface area contributed by atoms with E-state index in [2.05, 4.69) is 0 Å². The van der Waals surface area contributed by atoms with E-state index in [9.17, 15) is 4.79 Å². The zero-order valence-corrected chi connectivity index (χ0v) is 6.41. The first-order valence-corrected chi connectivity index (χ1v) is 3.50. The Bertz CT molecular complexity index is 197. The molecule has 0 aliphatic carbocycles. The smallest absolute Gasteiger partial charge is 0.320 e. The summed E-state index contributed by atoms with van der Waals surface area (Å²) in [4.78, 5) is 12.5. The minimum absolute atomic E-state index is 0.173. The molecule has 0 N–H and O–H groups in total. The third kappa shape index (κ3) is 1.92. The zero-order valence-electron chi connectivity index (χ0n) is 6.41. The fraction of sp³-hybridized carbons (Fsp3) is 0.714. The SMILES string of the molecule is CC1COC(=O)CN1CC#N. The molecule has 4 heteroatoms. The largest absolute Gasteiger partial charge is 0.463 e. The van der Waals surface area contributed by atoms with Crippen LogP contribution in [-0.4, -0.2) is 36.6 Å². The lowest BCUT2D eigenvalue weighted by molar-refractivity contribution is -0.153. The monoisotopic (exact) mass is 154 g/mol. The molecule has 0 aromatic heterocycles. The summed E-state index contributed by atoms with van der Waals surface area (Å²) in [6.45, 7) is 2.88. The molecule has 0 aromatic carbocycles. The summed E-state index contributed by atoms with van der Waals surface area (Å²) in [6, 6.07) is 2.18. The molecule has 0 radical (unpaired) electrons. The topological polar surface area (TPSA) is 53.3 Å². The van der Waals surface area contributed by atoms with Gasteiger partial charge in [-0.15, -0.1) is 0 Å². The van der Waals surface area contributed by atoms with E-state index in [-0.39, 0.29) is 18.6 Å². The maximum Gasteiger partial charge on any atom is 0.320 e. The molecule has 0 amide bonds. The van der Waals surface area contributed by atoms with Gasteiger partial charge in [0.1, 0.15) is 6.61 Å². The van der Waals surface area contributed by atoms with Crippen molar-refractivity contribution in [1.29, 1.82) is 5.26 Å². The van der Waals surface area contributed by atoms with Gasteiger partial charge >= 0.3 is 5.97 Å². The van der Waals surface area contributed by atoms with Gasteiger partial charge in [0.2, 0.25) is 0 Å². The van der Waals surface area contributed by atoms with Gasteiger partial charge in [-0.1, -0.05) is 0 Å². The number of cyclic esters (lactones) is 1. The highest BCUT2D eigenvalue weighted by atomic mass is 16.5. The number of rotatable bonds is 1. The summed E-state index contributed by atoms with van der Waals surface area (Å²) >= 11 is 0. The Kier molecular flexibility index (Phi) is 2.44. The molecule has 0 aromatic rings. The number of nitrogens with zero attached hydrogens (tertiary/aromatic N) is 2. The molecule has 1 atom stereocenters. The van der Waals surface area contributed by atoms with Crippen molar-refractivity contribution in [2.45, 2.75) is 13.0 Å². The van der Waals surface area contributed by atoms with Crippen molar-refractivity contribution in [2.75, 3.05) is 19.7 Å². The van der Waals surface area contributed by atoms with Gasteiger partial charge in [0, 0.05) is 6.04 Å². The number of hydrogen-bond donors (Lipinski definition) is 0. The van der Waals surface area contributed by atoms with Gasteiger partial charge in [-0.2, -0.15) is 5.26 Å². The molecule has 0 saturated carbocycles. The molecule has 60 valence electrons. The predicted octanol–water partition coefficient (Wildman–Crippen LogP) is -0.243. The summed E-state index contributed by atoms with van der Waals surface area (Å²) in [6.07, 6.45) is 0. The molecule has 11 heavy (non-hydrogen) atoms. The average molecular weight is 154 g/mol. The van der Waals surface area contributed by atoms with Gasteiger partial charge in [0.05, 0.1) is 19.2 Å². The Morgan fingerprint density at radius 2 is 2.64 bits per heavy atom. The van der Waals surface area contributed by atoms with Crippen molar-refractivity contribution in [3.8, 4) is 6.07 Å². The second kappa shape index (κ2) is 3.35. The first kappa shape index (κ1) is 8.02. The molecule has 0 bridgehead atoms. The van der Waals surface area contributed by atoms with Crippen molar-refractivity contribution >= 4 is 5.97 Å². The number of morpholine rings is 1. The standard InChI is InChI=1S/C7H10N2O2/c1-6-5-11-7(10)4-9(6)3-2-8/h6H,3-5H2,1H3. The van der Waals surface area contributed by atoms with Crippen LogP contribution in [0.5, 0.6) is 0 Å². The van der Waals surface area contributed by atoms with E-state index < -0.39 is 0 Å². The molecule has 1 aliphatic heterocycles. The third-order valence-corrected chi connectivity index (χ3v) is 1.71. The van der Waals surface area contributed by atoms with E-state index in [1.807, 2.05) is 13.0 Å². The molecular formula is C7H10N2O2. The molecule has 1 aliphatic rings. The molecule has 1 heterocycles. The summed E-state index contributed by atoms with van der Waals surface area (Å²) in [7, 11) is 0. The summed E-state index contributed by atoms with van der Waals surface area (Å²) in [5.41, 5.74) is 0. The van der Waals surface area contributed by atoms with Gasteiger partial charge in [0.15, 0.2) is 0 Å². The average Bonchev–Trinajstić information content (AvgIpc) is 1.98. The summed E-state index contributed by atoms with van der Waals surface area (Å²) in [5.74, 6) is -0.238. The van der Waals surface area contributed by atoms with Crippen molar-refractivity contribution in [1.82, 2.24) is 4.90 Å². The minimum Gasteiger partial charge on any atom is -0.463 e. The molecule has 1 fully saturated rings. The zero-order chi connectivity index (χ0) is 8.27. The van der Waals surface area contributed by atoms with Crippen LogP contribution in [0.25, 0.3) is 0 Å². The van der Waals surface area contributed by atoms with E-state index in [1.165, 1.54) is 0 Å². The number of hydrogen-bond acceptors (Lipinski definition) is 4. The van der Waals surface area contributed by atoms with Crippen LogP contribution in [0.2, 0.25) is 0 Å². The maximum atomic E-state index is 10.7. The highest BCUT2D eigenvalue weighted by Gasteiger charge is 2.23. The maximum absolute atomic E-state index is 10.7. The lowest BCUT2D eigenvalue weighted by Crippen LogP contribution is -2.46. The Labute approximate surface area is 65.4 Å². The number of carbonyl (C=O) groups is 1. The normalized spacial score (nSPS) is 25.8. The van der Waals surface area contributed by atoms with E-state index in [0.717, 1.165) is 0 Å². The molecule has 4 nitrogen and oxygen atoms in total. The second-order valence-corrected chi connectivity index (χ2v) is 2.60. The number of nitriles is 1. The van der Waals surface area contributed by atoms with Crippen molar-refractivity contribution in [3.63, 3.8) is 0 Å². The summed E-state index contributed by atoms with van der Waals surface area (Å²) in [5, 5.41) is 8.38. The lowest BCUT2D eigenvalue weighted by Gasteiger charge is -2.29. The van der Waals surface area contributed by atoms with Crippen LogP contribution in [0, 0.1) is 11.3 Å². The third-order valence-electron chi connectivity index (χ3n) is 1.71. The Morgan fingerprint density at radius 3 is 3.27 bits per heavy atom. The van der Waals surface area contributed by atoms with Crippen LogP contribution in [-0.2, 0) is 9.53 Å². The number of esters is 1. The molecule has 1 saturated heterocycles. The van der Waals surface area contributed by atoms with Crippen LogP contribution in [0.1, 0.15) is 6.92 Å². The van der Waals surface area contributed by atoms with Crippen molar-refractivity contribution in [2.24, 2.45) is 0 Å². The minimum atomic E-state index is -0.238. The molecule has 0 spiro atoms. The van der Waals surface area contributed by atoms with Gasteiger partial charge in [0.25, 0.3) is 0 Å². The van der Waals surface area contributed by atoms with Gasteiger partial charge in [-0.05, 0) is 6.92 Å². The molecule has 1 rings (SSSR count). The van der Waals surface area contributed by atoms with E-state index in [0.29, 0.717) is 13.2 Å². The molecular weight excluding hydrogens is 144 g/mol. The van der Waals surface area contributed by atoms with Crippen LogP contribution in [0.15, 0.2) is 0 Å². The fourth-order valence-corrected chi connectivity index (χ4v) is 0.989. The second-order valence-electron chi connectivity index (χ2n) is 2.60. The van der Waals surface area contributed by atoms with Crippen LogP contribution in [0.3, 0.4) is 0 Å². The van der Waals surface area contributed by atoms with Crippen molar-refractivity contribution in [3.05, 3.63) is 0 Å². The summed E-state index contributed by atoms with van der Waals surface area (Å²) < 4.78 is 4.78. The van der Waals surface area contributed by atoms with Crippen LogP contribution in [0.4, 0.5) is 0 Å². The number of ether oxygens (including phenoxy) is 1. The van der Waals surface area contributed by atoms with E-state index >= 15 is 0 Å². The van der Waals surface area contributed by atoms with Gasteiger partial charge in [-0.3, -0.25) is 9.69 Å². The quantitative estimate of drug-likeness (QED) is 0.386. The van der Waals surface area contributed by atoms with Crippen molar-refractivity contribution < 1.29 is 9.53 Å². The first-order valence-electron chi connectivity index (χ1n) is 3.50. The number of carbonyl (C=O) groups excluding carboxylic acids is 1. The highest BCUT2D eigenvalue weighted by molar-refractivity contribution is 5.72. The van der Waals surface area contributed by atoms with Crippen LogP contribution < -0.4 is 0 Å².